The van der Waals surface area contributed by atoms with Gasteiger partial charge in [0.2, 0.25) is 5.91 Å². The molecule has 2 rings (SSSR count). The maximum Gasteiger partial charge on any atom is 0.303 e. The van der Waals surface area contributed by atoms with Crippen LogP contribution in [0.4, 0.5) is 0 Å². The Morgan fingerprint density at radius 3 is 2.86 bits per heavy atom. The van der Waals surface area contributed by atoms with Crippen molar-refractivity contribution < 1.29 is 14.7 Å². The van der Waals surface area contributed by atoms with Crippen LogP contribution in [0.1, 0.15) is 51.9 Å². The fourth-order valence-corrected chi connectivity index (χ4v) is 3.86. The minimum atomic E-state index is -0.736. The van der Waals surface area contributed by atoms with E-state index in [2.05, 4.69) is 17.6 Å². The van der Waals surface area contributed by atoms with Gasteiger partial charge in [0.05, 0.1) is 6.04 Å². The average molecular weight is 296 g/mol. The average Bonchev–Trinajstić information content (AvgIpc) is 3.04. The van der Waals surface area contributed by atoms with Gasteiger partial charge < -0.3 is 15.7 Å². The molecule has 5 heteroatoms. The van der Waals surface area contributed by atoms with Crippen molar-refractivity contribution in [2.75, 3.05) is 13.1 Å². The maximum atomic E-state index is 12.3. The minimum absolute atomic E-state index is 0.00315. The molecule has 2 fully saturated rings. The predicted molar refractivity (Wildman–Crippen MR) is 80.9 cm³/mol. The fourth-order valence-electron chi connectivity index (χ4n) is 3.86. The predicted octanol–water partition coefficient (Wildman–Crippen LogP) is 1.77. The summed E-state index contributed by atoms with van der Waals surface area (Å²) in [6.07, 6.45) is 6.45. The highest BCUT2D eigenvalue weighted by molar-refractivity contribution is 5.82. The molecule has 2 aliphatic rings. The molecular weight excluding hydrogens is 268 g/mol. The molecule has 0 aromatic carbocycles. The van der Waals surface area contributed by atoms with E-state index in [-0.39, 0.29) is 18.4 Å². The van der Waals surface area contributed by atoms with Crippen molar-refractivity contribution in [2.45, 2.75) is 57.9 Å². The van der Waals surface area contributed by atoms with E-state index >= 15 is 0 Å². The second kappa shape index (κ2) is 7.78. The van der Waals surface area contributed by atoms with Gasteiger partial charge in [-0.2, -0.15) is 0 Å². The third-order valence-electron chi connectivity index (χ3n) is 5.22. The highest BCUT2D eigenvalue weighted by Crippen LogP contribution is 2.37. The highest BCUT2D eigenvalue weighted by atomic mass is 16.4. The number of nitrogens with one attached hydrogen (secondary N) is 2. The number of carbonyl (C=O) groups is 2. The van der Waals surface area contributed by atoms with Gasteiger partial charge >= 0.3 is 5.97 Å². The summed E-state index contributed by atoms with van der Waals surface area (Å²) in [5.41, 5.74) is 0. The molecule has 0 bridgehead atoms. The van der Waals surface area contributed by atoms with Crippen LogP contribution in [-0.4, -0.2) is 36.1 Å². The van der Waals surface area contributed by atoms with Gasteiger partial charge in [0.1, 0.15) is 0 Å². The summed E-state index contributed by atoms with van der Waals surface area (Å²) in [6, 6.07) is -0.00315. The fraction of sp³-hybridized carbons (Fsp3) is 0.875. The summed E-state index contributed by atoms with van der Waals surface area (Å²) in [6.45, 7) is 3.72. The number of aliphatic carboxylic acids is 1. The Labute approximate surface area is 126 Å². The first-order chi connectivity index (χ1) is 10.1. The van der Waals surface area contributed by atoms with Gasteiger partial charge in [0, 0.05) is 13.0 Å². The van der Waals surface area contributed by atoms with Crippen molar-refractivity contribution in [3.8, 4) is 0 Å². The third-order valence-corrected chi connectivity index (χ3v) is 5.22. The summed E-state index contributed by atoms with van der Waals surface area (Å²) < 4.78 is 0. The lowest BCUT2D eigenvalue weighted by atomic mass is 9.93. The van der Waals surface area contributed by atoms with Crippen LogP contribution in [0.5, 0.6) is 0 Å². The van der Waals surface area contributed by atoms with Crippen molar-refractivity contribution >= 4 is 11.9 Å². The van der Waals surface area contributed by atoms with Crippen LogP contribution in [0, 0.1) is 17.8 Å². The smallest absolute Gasteiger partial charge is 0.303 e. The van der Waals surface area contributed by atoms with Crippen LogP contribution in [-0.2, 0) is 9.59 Å². The van der Waals surface area contributed by atoms with Crippen LogP contribution in [0.3, 0.4) is 0 Å². The summed E-state index contributed by atoms with van der Waals surface area (Å²) in [5.74, 6) is 1.01. The number of amides is 1. The van der Waals surface area contributed by atoms with Crippen LogP contribution >= 0.6 is 0 Å². The largest absolute Gasteiger partial charge is 0.481 e. The number of carboxylic acids is 1. The lowest BCUT2D eigenvalue weighted by molar-refractivity contribution is -0.137. The molecule has 1 heterocycles. The van der Waals surface area contributed by atoms with Crippen molar-refractivity contribution in [1.29, 1.82) is 0 Å². The Morgan fingerprint density at radius 1 is 1.33 bits per heavy atom. The van der Waals surface area contributed by atoms with Gasteiger partial charge in [-0.05, 0) is 50.0 Å². The molecule has 21 heavy (non-hydrogen) atoms. The van der Waals surface area contributed by atoms with Crippen LogP contribution in [0.2, 0.25) is 0 Å². The van der Waals surface area contributed by atoms with E-state index in [4.69, 9.17) is 5.11 Å². The quantitative estimate of drug-likeness (QED) is 0.638. The molecule has 1 aliphatic heterocycles. The van der Waals surface area contributed by atoms with E-state index in [1.807, 2.05) is 0 Å². The second-order valence-corrected chi connectivity index (χ2v) is 6.53. The second-order valence-electron chi connectivity index (χ2n) is 6.53. The van der Waals surface area contributed by atoms with Gasteiger partial charge in [0.15, 0.2) is 0 Å². The molecule has 0 spiro atoms. The molecule has 1 aliphatic carbocycles. The third kappa shape index (κ3) is 4.43. The van der Waals surface area contributed by atoms with Crippen molar-refractivity contribution in [1.82, 2.24) is 10.6 Å². The molecule has 4 unspecified atom stereocenters. The molecule has 0 aromatic rings. The Bertz CT molecular complexity index is 373. The Balaban J connectivity index is 1.67. The first kappa shape index (κ1) is 16.3. The summed E-state index contributed by atoms with van der Waals surface area (Å²) >= 11 is 0. The standard InChI is InChI=1S/C16H28N2O3/c1-2-11(6-7-14(19)20)8-9-17-16(21)15-13-5-3-4-12(13)10-18-15/h11-13,15,18H,2-10H2,1H3,(H,17,21)(H,19,20). The van der Waals surface area contributed by atoms with Crippen molar-refractivity contribution in [3.63, 3.8) is 0 Å². The van der Waals surface area contributed by atoms with E-state index < -0.39 is 5.97 Å². The van der Waals surface area contributed by atoms with E-state index in [1.165, 1.54) is 19.3 Å². The SMILES string of the molecule is CCC(CCNC(=O)C1NCC2CCCC21)CCC(=O)O. The zero-order valence-electron chi connectivity index (χ0n) is 12.9. The summed E-state index contributed by atoms with van der Waals surface area (Å²) in [5, 5.41) is 15.1. The Morgan fingerprint density at radius 2 is 2.14 bits per heavy atom. The molecule has 1 amide bonds. The number of hydrogen-bond donors (Lipinski definition) is 3. The highest BCUT2D eigenvalue weighted by Gasteiger charge is 2.42. The molecule has 0 radical (unpaired) electrons. The van der Waals surface area contributed by atoms with Crippen molar-refractivity contribution in [2.24, 2.45) is 17.8 Å². The zero-order valence-corrected chi connectivity index (χ0v) is 12.9. The lowest BCUT2D eigenvalue weighted by Gasteiger charge is -2.19. The number of fused-ring (bicyclic) bond motifs is 1. The molecule has 5 nitrogen and oxygen atoms in total. The van der Waals surface area contributed by atoms with E-state index in [0.717, 1.165) is 19.4 Å². The molecule has 1 saturated carbocycles. The first-order valence-electron chi connectivity index (χ1n) is 8.34. The van der Waals surface area contributed by atoms with Crippen LogP contribution in [0.25, 0.3) is 0 Å². The van der Waals surface area contributed by atoms with Gasteiger partial charge in [-0.15, -0.1) is 0 Å². The molecular formula is C16H28N2O3. The molecule has 1 saturated heterocycles. The van der Waals surface area contributed by atoms with E-state index in [1.54, 1.807) is 0 Å². The Kier molecular flexibility index (Phi) is 6.03. The lowest BCUT2D eigenvalue weighted by Crippen LogP contribution is -2.44. The molecule has 120 valence electrons. The molecule has 4 atom stereocenters. The number of carboxylic acid groups (broad SMARTS) is 1. The minimum Gasteiger partial charge on any atom is -0.481 e. The Hall–Kier alpha value is -1.10. The molecule has 0 aromatic heterocycles. The number of hydrogen-bond acceptors (Lipinski definition) is 3. The van der Waals surface area contributed by atoms with Gasteiger partial charge in [0.25, 0.3) is 0 Å². The molecule has 3 N–H and O–H groups in total. The van der Waals surface area contributed by atoms with Crippen LogP contribution < -0.4 is 10.6 Å². The topological polar surface area (TPSA) is 78.4 Å². The first-order valence-corrected chi connectivity index (χ1v) is 8.34. The van der Waals surface area contributed by atoms with Gasteiger partial charge in [-0.1, -0.05) is 19.8 Å². The number of rotatable bonds is 8. The van der Waals surface area contributed by atoms with Gasteiger partial charge in [-0.3, -0.25) is 9.59 Å². The monoisotopic (exact) mass is 296 g/mol. The normalized spacial score (nSPS) is 29.1. The van der Waals surface area contributed by atoms with E-state index in [0.29, 0.717) is 30.7 Å². The number of carbonyl (C=O) groups excluding carboxylic acids is 1. The van der Waals surface area contributed by atoms with Gasteiger partial charge in [-0.25, -0.2) is 0 Å². The zero-order chi connectivity index (χ0) is 15.2. The van der Waals surface area contributed by atoms with Crippen molar-refractivity contribution in [3.05, 3.63) is 0 Å². The maximum absolute atomic E-state index is 12.3. The van der Waals surface area contributed by atoms with Crippen LogP contribution in [0.15, 0.2) is 0 Å². The van der Waals surface area contributed by atoms with E-state index in [9.17, 15) is 9.59 Å². The summed E-state index contributed by atoms with van der Waals surface area (Å²) in [4.78, 5) is 22.9. The summed E-state index contributed by atoms with van der Waals surface area (Å²) in [7, 11) is 0.